The molecule has 1 rings (SSSR count). The van der Waals surface area contributed by atoms with Crippen LogP contribution in [0.4, 0.5) is 0 Å². The van der Waals surface area contributed by atoms with Gasteiger partial charge in [-0.25, -0.2) is 4.98 Å². The van der Waals surface area contributed by atoms with Crippen molar-refractivity contribution < 1.29 is 0 Å². The van der Waals surface area contributed by atoms with E-state index in [1.807, 2.05) is 19.4 Å². The fraction of sp³-hybridized carbons (Fsp3) is 0.786. The van der Waals surface area contributed by atoms with Gasteiger partial charge in [-0.05, 0) is 53.8 Å². The zero-order valence-corrected chi connectivity index (χ0v) is 12.5. The van der Waals surface area contributed by atoms with Gasteiger partial charge in [0, 0.05) is 25.5 Å². The molecule has 4 heteroatoms. The van der Waals surface area contributed by atoms with Gasteiger partial charge in [0.1, 0.15) is 5.82 Å². The summed E-state index contributed by atoms with van der Waals surface area (Å²) in [5, 5.41) is 3.53. The lowest BCUT2D eigenvalue weighted by Crippen LogP contribution is -2.28. The first-order valence-corrected chi connectivity index (χ1v) is 6.93. The highest BCUT2D eigenvalue weighted by Gasteiger charge is 2.08. The summed E-state index contributed by atoms with van der Waals surface area (Å²) in [5.74, 6) is 1.11. The molecule has 1 N–H and O–H groups in total. The van der Waals surface area contributed by atoms with E-state index in [4.69, 9.17) is 0 Å². The SMILES string of the molecule is CC(NCCCCN(C)C(C)C)c1nccn1C. The number of hydrogen-bond donors (Lipinski definition) is 1. The van der Waals surface area contributed by atoms with E-state index < -0.39 is 0 Å². The first-order chi connectivity index (χ1) is 8.52. The number of nitrogens with one attached hydrogen (secondary N) is 1. The van der Waals surface area contributed by atoms with Crippen molar-refractivity contribution in [3.05, 3.63) is 18.2 Å². The van der Waals surface area contributed by atoms with Gasteiger partial charge in [-0.15, -0.1) is 0 Å². The predicted molar refractivity (Wildman–Crippen MR) is 76.6 cm³/mol. The zero-order chi connectivity index (χ0) is 13.5. The predicted octanol–water partition coefficient (Wildman–Crippen LogP) is 2.19. The van der Waals surface area contributed by atoms with Crippen LogP contribution in [0.5, 0.6) is 0 Å². The monoisotopic (exact) mass is 252 g/mol. The minimum absolute atomic E-state index is 0.327. The first kappa shape index (κ1) is 15.2. The lowest BCUT2D eigenvalue weighted by atomic mass is 10.2. The molecule has 0 fully saturated rings. The Morgan fingerprint density at radius 2 is 2.06 bits per heavy atom. The average Bonchev–Trinajstić information content (AvgIpc) is 2.74. The van der Waals surface area contributed by atoms with E-state index in [0.29, 0.717) is 12.1 Å². The van der Waals surface area contributed by atoms with Crippen LogP contribution in [0.2, 0.25) is 0 Å². The number of aromatic nitrogens is 2. The van der Waals surface area contributed by atoms with Crippen LogP contribution < -0.4 is 5.32 Å². The van der Waals surface area contributed by atoms with E-state index in [9.17, 15) is 0 Å². The van der Waals surface area contributed by atoms with Gasteiger partial charge in [0.05, 0.1) is 6.04 Å². The fourth-order valence-electron chi connectivity index (χ4n) is 1.95. The van der Waals surface area contributed by atoms with Crippen LogP contribution in [-0.2, 0) is 7.05 Å². The van der Waals surface area contributed by atoms with Crippen molar-refractivity contribution >= 4 is 0 Å². The third kappa shape index (κ3) is 4.78. The van der Waals surface area contributed by atoms with Crippen LogP contribution in [-0.4, -0.2) is 40.6 Å². The van der Waals surface area contributed by atoms with Crippen molar-refractivity contribution in [2.45, 2.75) is 45.7 Å². The largest absolute Gasteiger partial charge is 0.337 e. The van der Waals surface area contributed by atoms with Crippen molar-refractivity contribution in [1.82, 2.24) is 19.8 Å². The molecule has 4 nitrogen and oxygen atoms in total. The molecule has 0 saturated carbocycles. The molecule has 1 atom stereocenters. The third-order valence-electron chi connectivity index (χ3n) is 3.52. The van der Waals surface area contributed by atoms with Gasteiger partial charge in [0.25, 0.3) is 0 Å². The van der Waals surface area contributed by atoms with Gasteiger partial charge < -0.3 is 14.8 Å². The van der Waals surface area contributed by atoms with Crippen molar-refractivity contribution in [3.8, 4) is 0 Å². The van der Waals surface area contributed by atoms with Gasteiger partial charge in [0.15, 0.2) is 0 Å². The molecule has 104 valence electrons. The van der Waals surface area contributed by atoms with Crippen LogP contribution in [0.25, 0.3) is 0 Å². The van der Waals surface area contributed by atoms with Crippen LogP contribution >= 0.6 is 0 Å². The topological polar surface area (TPSA) is 33.1 Å². The second-order valence-corrected chi connectivity index (χ2v) is 5.35. The van der Waals surface area contributed by atoms with Crippen LogP contribution in [0.1, 0.15) is 45.5 Å². The summed E-state index contributed by atoms with van der Waals surface area (Å²) in [6.45, 7) is 8.88. The lowest BCUT2D eigenvalue weighted by molar-refractivity contribution is 0.267. The highest BCUT2D eigenvalue weighted by molar-refractivity contribution is 4.96. The Labute approximate surface area is 111 Å². The fourth-order valence-corrected chi connectivity index (χ4v) is 1.95. The molecule has 1 heterocycles. The quantitative estimate of drug-likeness (QED) is 0.720. The maximum Gasteiger partial charge on any atom is 0.125 e. The van der Waals surface area contributed by atoms with Gasteiger partial charge in [-0.2, -0.15) is 0 Å². The highest BCUT2D eigenvalue weighted by Crippen LogP contribution is 2.08. The Balaban J connectivity index is 2.13. The van der Waals surface area contributed by atoms with E-state index in [-0.39, 0.29) is 0 Å². The van der Waals surface area contributed by atoms with Crippen molar-refractivity contribution in [2.75, 3.05) is 20.1 Å². The van der Waals surface area contributed by atoms with Gasteiger partial charge in [0.2, 0.25) is 0 Å². The summed E-state index contributed by atoms with van der Waals surface area (Å²) in [6.07, 6.45) is 6.30. The molecule has 0 aliphatic rings. The molecule has 0 bridgehead atoms. The number of unbranched alkanes of at least 4 members (excludes halogenated alkanes) is 1. The van der Waals surface area contributed by atoms with Crippen LogP contribution in [0.3, 0.4) is 0 Å². The molecule has 0 aliphatic carbocycles. The Morgan fingerprint density at radius 3 is 2.61 bits per heavy atom. The third-order valence-corrected chi connectivity index (χ3v) is 3.52. The number of imidazole rings is 1. The molecule has 0 amide bonds. The van der Waals surface area contributed by atoms with E-state index in [1.165, 1.54) is 19.4 Å². The van der Waals surface area contributed by atoms with Crippen LogP contribution in [0, 0.1) is 0 Å². The van der Waals surface area contributed by atoms with Crippen LogP contribution in [0.15, 0.2) is 12.4 Å². The second kappa shape index (κ2) is 7.54. The summed E-state index contributed by atoms with van der Waals surface area (Å²) in [6, 6.07) is 0.970. The summed E-state index contributed by atoms with van der Waals surface area (Å²) >= 11 is 0. The summed E-state index contributed by atoms with van der Waals surface area (Å²) < 4.78 is 2.07. The molecule has 0 saturated heterocycles. The first-order valence-electron chi connectivity index (χ1n) is 6.93. The zero-order valence-electron chi connectivity index (χ0n) is 12.5. The molecule has 1 aromatic heterocycles. The molecular weight excluding hydrogens is 224 g/mol. The molecule has 0 radical (unpaired) electrons. The van der Waals surface area contributed by atoms with E-state index >= 15 is 0 Å². The molecule has 0 spiro atoms. The molecule has 1 unspecified atom stereocenters. The molecule has 1 aromatic rings. The summed E-state index contributed by atoms with van der Waals surface area (Å²) in [4.78, 5) is 6.75. The number of hydrogen-bond acceptors (Lipinski definition) is 3. The van der Waals surface area contributed by atoms with Crippen molar-refractivity contribution in [1.29, 1.82) is 0 Å². The summed E-state index contributed by atoms with van der Waals surface area (Å²) in [5.41, 5.74) is 0. The molecule has 18 heavy (non-hydrogen) atoms. The minimum Gasteiger partial charge on any atom is -0.337 e. The standard InChI is InChI=1S/C14H28N4/c1-12(2)17(4)10-7-6-8-15-13(3)14-16-9-11-18(14)5/h9,11-13,15H,6-8,10H2,1-5H3. The highest BCUT2D eigenvalue weighted by atomic mass is 15.1. The van der Waals surface area contributed by atoms with Gasteiger partial charge in [-0.3, -0.25) is 0 Å². The van der Waals surface area contributed by atoms with Gasteiger partial charge >= 0.3 is 0 Å². The maximum absolute atomic E-state index is 4.36. The number of rotatable bonds is 8. The number of nitrogens with zero attached hydrogens (tertiary/aromatic N) is 3. The normalized spacial score (nSPS) is 13.5. The van der Waals surface area contributed by atoms with E-state index in [0.717, 1.165) is 12.4 Å². The van der Waals surface area contributed by atoms with E-state index in [2.05, 4.69) is 47.6 Å². The Kier molecular flexibility index (Phi) is 6.36. The maximum atomic E-state index is 4.36. The van der Waals surface area contributed by atoms with Crippen molar-refractivity contribution in [3.63, 3.8) is 0 Å². The Bertz CT molecular complexity index is 332. The minimum atomic E-state index is 0.327. The molecule has 0 aromatic carbocycles. The van der Waals surface area contributed by atoms with Crippen molar-refractivity contribution in [2.24, 2.45) is 7.05 Å². The average molecular weight is 252 g/mol. The molecular formula is C14H28N4. The van der Waals surface area contributed by atoms with Gasteiger partial charge in [-0.1, -0.05) is 0 Å². The Hall–Kier alpha value is -0.870. The van der Waals surface area contributed by atoms with E-state index in [1.54, 1.807) is 0 Å². The molecule has 0 aliphatic heterocycles. The lowest BCUT2D eigenvalue weighted by Gasteiger charge is -2.21. The Morgan fingerprint density at radius 1 is 1.33 bits per heavy atom. The number of aryl methyl sites for hydroxylation is 1. The second-order valence-electron chi connectivity index (χ2n) is 5.35. The summed E-state index contributed by atoms with van der Waals surface area (Å²) in [7, 11) is 4.23. The smallest absolute Gasteiger partial charge is 0.125 e.